The second kappa shape index (κ2) is 11.0. The van der Waals surface area contributed by atoms with Crippen molar-refractivity contribution in [2.75, 3.05) is 17.5 Å². The van der Waals surface area contributed by atoms with E-state index in [2.05, 4.69) is 5.32 Å². The number of hydrogen-bond acceptors (Lipinski definition) is 4. The molecule has 0 fully saturated rings. The highest BCUT2D eigenvalue weighted by Gasteiger charge is 2.28. The van der Waals surface area contributed by atoms with Crippen molar-refractivity contribution < 1.29 is 17.9 Å². The Balaban J connectivity index is 1.91. The molecule has 1 N–H and O–H groups in total. The van der Waals surface area contributed by atoms with Gasteiger partial charge in [-0.05, 0) is 62.2 Å². The Morgan fingerprint density at radius 3 is 2.15 bits per heavy atom. The summed E-state index contributed by atoms with van der Waals surface area (Å²) in [5.74, 6) is 0.254. The minimum Gasteiger partial charge on any atom is -0.494 e. The summed E-state index contributed by atoms with van der Waals surface area (Å²) in [5.41, 5.74) is 2.32. The smallest absolute Gasteiger partial charge is 0.264 e. The third kappa shape index (κ3) is 6.14. The SMILES string of the molecule is CCOc1ccc(N(CC(=O)N[C@H](CC)c2ccccc2)S(=O)(=O)c2ccc(C)cc2)cc1. The fourth-order valence-corrected chi connectivity index (χ4v) is 4.93. The van der Waals surface area contributed by atoms with Crippen LogP contribution in [0.3, 0.4) is 0 Å². The summed E-state index contributed by atoms with van der Waals surface area (Å²) in [6, 6.07) is 22.7. The van der Waals surface area contributed by atoms with Crippen LogP contribution in [0.4, 0.5) is 5.69 Å². The summed E-state index contributed by atoms with van der Waals surface area (Å²) in [5, 5.41) is 2.98. The maximum absolute atomic E-state index is 13.5. The lowest BCUT2D eigenvalue weighted by Gasteiger charge is -2.26. The van der Waals surface area contributed by atoms with Crippen LogP contribution in [0.1, 0.15) is 37.4 Å². The molecule has 33 heavy (non-hydrogen) atoms. The van der Waals surface area contributed by atoms with Gasteiger partial charge in [-0.2, -0.15) is 0 Å². The third-order valence-electron chi connectivity index (χ3n) is 5.28. The van der Waals surface area contributed by atoms with E-state index in [-0.39, 0.29) is 23.4 Å². The molecule has 0 aliphatic carbocycles. The maximum atomic E-state index is 13.5. The number of nitrogens with zero attached hydrogens (tertiary/aromatic N) is 1. The zero-order valence-corrected chi connectivity index (χ0v) is 20.0. The first-order valence-electron chi connectivity index (χ1n) is 11.0. The Bertz CT molecular complexity index is 1150. The molecule has 174 valence electrons. The molecule has 3 rings (SSSR count). The number of carbonyl (C=O) groups is 1. The predicted molar refractivity (Wildman–Crippen MR) is 131 cm³/mol. The molecule has 1 amide bonds. The number of ether oxygens (including phenoxy) is 1. The number of benzene rings is 3. The van der Waals surface area contributed by atoms with E-state index >= 15 is 0 Å². The number of rotatable bonds is 10. The van der Waals surface area contributed by atoms with Gasteiger partial charge in [-0.1, -0.05) is 55.0 Å². The van der Waals surface area contributed by atoms with Gasteiger partial charge in [0.25, 0.3) is 10.0 Å². The lowest BCUT2D eigenvalue weighted by atomic mass is 10.0. The number of carbonyl (C=O) groups excluding carboxylic acids is 1. The van der Waals surface area contributed by atoms with Crippen LogP contribution in [0.25, 0.3) is 0 Å². The molecule has 7 heteroatoms. The first-order valence-corrected chi connectivity index (χ1v) is 12.5. The second-order valence-corrected chi connectivity index (χ2v) is 9.55. The Morgan fingerprint density at radius 1 is 0.939 bits per heavy atom. The van der Waals surface area contributed by atoms with Crippen LogP contribution in [-0.2, 0) is 14.8 Å². The molecular weight excluding hydrogens is 436 g/mol. The van der Waals surface area contributed by atoms with Gasteiger partial charge < -0.3 is 10.1 Å². The average Bonchev–Trinajstić information content (AvgIpc) is 2.82. The highest BCUT2D eigenvalue weighted by molar-refractivity contribution is 7.92. The molecule has 0 unspecified atom stereocenters. The summed E-state index contributed by atoms with van der Waals surface area (Å²) in [6.07, 6.45) is 0.684. The molecule has 0 heterocycles. The van der Waals surface area contributed by atoms with Gasteiger partial charge in [-0.3, -0.25) is 9.10 Å². The van der Waals surface area contributed by atoms with Crippen molar-refractivity contribution in [2.45, 2.75) is 38.1 Å². The maximum Gasteiger partial charge on any atom is 0.264 e. The summed E-state index contributed by atoms with van der Waals surface area (Å²) in [7, 11) is -3.97. The van der Waals surface area contributed by atoms with Crippen LogP contribution in [0.2, 0.25) is 0 Å². The minimum atomic E-state index is -3.97. The van der Waals surface area contributed by atoms with Crippen LogP contribution in [0, 0.1) is 6.92 Å². The molecular formula is C26H30N2O4S. The van der Waals surface area contributed by atoms with E-state index in [0.29, 0.717) is 24.5 Å². The van der Waals surface area contributed by atoms with Gasteiger partial charge >= 0.3 is 0 Å². The number of hydrogen-bond donors (Lipinski definition) is 1. The Labute approximate surface area is 196 Å². The van der Waals surface area contributed by atoms with Gasteiger partial charge in [0.1, 0.15) is 12.3 Å². The van der Waals surface area contributed by atoms with E-state index in [1.165, 1.54) is 0 Å². The van der Waals surface area contributed by atoms with Crippen molar-refractivity contribution in [3.05, 3.63) is 90.0 Å². The molecule has 6 nitrogen and oxygen atoms in total. The molecule has 0 aliphatic rings. The highest BCUT2D eigenvalue weighted by Crippen LogP contribution is 2.26. The Hall–Kier alpha value is -3.32. The van der Waals surface area contributed by atoms with Gasteiger partial charge in [0, 0.05) is 0 Å². The first kappa shape index (κ1) is 24.3. The average molecular weight is 467 g/mol. The Morgan fingerprint density at radius 2 is 1.58 bits per heavy atom. The molecule has 0 aromatic heterocycles. The van der Waals surface area contributed by atoms with Crippen LogP contribution in [0.5, 0.6) is 5.75 Å². The van der Waals surface area contributed by atoms with Gasteiger partial charge in [0.2, 0.25) is 5.91 Å². The normalized spacial score (nSPS) is 12.1. The summed E-state index contributed by atoms with van der Waals surface area (Å²) < 4.78 is 33.7. The number of anilines is 1. The van der Waals surface area contributed by atoms with E-state index in [1.807, 2.05) is 51.1 Å². The number of sulfonamides is 1. The molecule has 0 saturated heterocycles. The number of amides is 1. The fourth-order valence-electron chi connectivity index (χ4n) is 3.50. The minimum absolute atomic E-state index is 0.130. The lowest BCUT2D eigenvalue weighted by Crippen LogP contribution is -2.42. The standard InChI is InChI=1S/C26H30N2O4S/c1-4-25(21-9-7-6-8-10-21)27-26(29)19-28(22-13-15-23(16-14-22)32-5-2)33(30,31)24-17-11-20(3)12-18-24/h6-18,25H,4-5,19H2,1-3H3,(H,27,29)/t25-/m1/s1. The molecule has 0 radical (unpaired) electrons. The lowest BCUT2D eigenvalue weighted by molar-refractivity contribution is -0.120. The van der Waals surface area contributed by atoms with Crippen molar-refractivity contribution in [1.29, 1.82) is 0 Å². The van der Waals surface area contributed by atoms with Gasteiger partial charge in [-0.25, -0.2) is 8.42 Å². The second-order valence-electron chi connectivity index (χ2n) is 7.69. The molecule has 0 bridgehead atoms. The molecule has 0 spiro atoms. The van der Waals surface area contributed by atoms with Crippen LogP contribution in [-0.4, -0.2) is 27.5 Å². The van der Waals surface area contributed by atoms with Crippen molar-refractivity contribution in [1.82, 2.24) is 5.32 Å². The summed E-state index contributed by atoms with van der Waals surface area (Å²) >= 11 is 0. The topological polar surface area (TPSA) is 75.7 Å². The van der Waals surface area contributed by atoms with Crippen LogP contribution >= 0.6 is 0 Å². The van der Waals surface area contributed by atoms with Gasteiger partial charge in [0.05, 0.1) is 23.2 Å². The molecule has 0 saturated carbocycles. The van der Waals surface area contributed by atoms with E-state index in [4.69, 9.17) is 4.74 Å². The quantitative estimate of drug-likeness (QED) is 0.463. The van der Waals surface area contributed by atoms with E-state index in [1.54, 1.807) is 48.5 Å². The van der Waals surface area contributed by atoms with Crippen LogP contribution in [0.15, 0.2) is 83.8 Å². The van der Waals surface area contributed by atoms with Crippen molar-refractivity contribution in [3.8, 4) is 5.75 Å². The molecule has 3 aromatic rings. The number of nitrogens with one attached hydrogen (secondary N) is 1. The van der Waals surface area contributed by atoms with E-state index in [9.17, 15) is 13.2 Å². The predicted octanol–water partition coefficient (Wildman–Crippen LogP) is 4.86. The monoisotopic (exact) mass is 466 g/mol. The number of aryl methyl sites for hydroxylation is 1. The molecule has 1 atom stereocenters. The zero-order chi connectivity index (χ0) is 23.8. The van der Waals surface area contributed by atoms with Crippen molar-refractivity contribution in [3.63, 3.8) is 0 Å². The Kier molecular flexibility index (Phi) is 8.11. The third-order valence-corrected chi connectivity index (χ3v) is 7.07. The first-order chi connectivity index (χ1) is 15.8. The van der Waals surface area contributed by atoms with Crippen molar-refractivity contribution in [2.24, 2.45) is 0 Å². The van der Waals surface area contributed by atoms with Crippen LogP contribution < -0.4 is 14.4 Å². The van der Waals surface area contributed by atoms with Gasteiger partial charge in [0.15, 0.2) is 0 Å². The van der Waals surface area contributed by atoms with E-state index < -0.39 is 10.0 Å². The molecule has 3 aromatic carbocycles. The molecule has 0 aliphatic heterocycles. The van der Waals surface area contributed by atoms with E-state index in [0.717, 1.165) is 15.4 Å². The zero-order valence-electron chi connectivity index (χ0n) is 19.2. The van der Waals surface area contributed by atoms with Crippen molar-refractivity contribution >= 4 is 21.6 Å². The largest absolute Gasteiger partial charge is 0.494 e. The highest BCUT2D eigenvalue weighted by atomic mass is 32.2. The summed E-state index contributed by atoms with van der Waals surface area (Å²) in [6.45, 7) is 5.91. The van der Waals surface area contributed by atoms with Gasteiger partial charge in [-0.15, -0.1) is 0 Å². The summed E-state index contributed by atoms with van der Waals surface area (Å²) in [4.78, 5) is 13.2. The fraction of sp³-hybridized carbons (Fsp3) is 0.269.